The van der Waals surface area contributed by atoms with Crippen molar-refractivity contribution in [1.29, 1.82) is 0 Å². The van der Waals surface area contributed by atoms with Crippen LogP contribution in [0.2, 0.25) is 0 Å². The topological polar surface area (TPSA) is 29.1 Å². The van der Waals surface area contributed by atoms with Gasteiger partial charge < -0.3 is 5.32 Å². The first-order chi connectivity index (χ1) is 8.56. The maximum absolute atomic E-state index is 13.5. The van der Waals surface area contributed by atoms with Gasteiger partial charge in [0.15, 0.2) is 0 Å². The van der Waals surface area contributed by atoms with Crippen molar-refractivity contribution in [2.75, 3.05) is 5.33 Å². The van der Waals surface area contributed by atoms with Crippen LogP contribution in [0.5, 0.6) is 0 Å². The van der Waals surface area contributed by atoms with Crippen molar-refractivity contribution in [1.82, 2.24) is 5.32 Å². The van der Waals surface area contributed by atoms with E-state index in [4.69, 9.17) is 0 Å². The number of nitrogens with one attached hydrogen (secondary N) is 1. The third-order valence-electron chi connectivity index (χ3n) is 2.60. The fourth-order valence-corrected chi connectivity index (χ4v) is 2.09. The minimum Gasteiger partial charge on any atom is -0.349 e. The van der Waals surface area contributed by atoms with E-state index in [0.29, 0.717) is 6.42 Å². The lowest BCUT2D eigenvalue weighted by atomic mass is 10.1. The molecular weight excluding hydrogens is 304 g/mol. The monoisotopic (exact) mass is 319 g/mol. The summed E-state index contributed by atoms with van der Waals surface area (Å²) in [6, 6.07) is 3.01. The van der Waals surface area contributed by atoms with Gasteiger partial charge in [-0.15, -0.1) is 0 Å². The Morgan fingerprint density at radius 1 is 1.33 bits per heavy atom. The van der Waals surface area contributed by atoms with Gasteiger partial charge in [0.25, 0.3) is 0 Å². The second-order valence-corrected chi connectivity index (χ2v) is 4.86. The predicted molar refractivity (Wildman–Crippen MR) is 70.6 cm³/mol. The second kappa shape index (κ2) is 7.46. The number of hydrogen-bond acceptors (Lipinski definition) is 1. The highest BCUT2D eigenvalue weighted by Crippen LogP contribution is 2.20. The van der Waals surface area contributed by atoms with Crippen molar-refractivity contribution in [2.24, 2.45) is 0 Å². The average molecular weight is 320 g/mol. The number of unbranched alkanes of at least 4 members (excludes halogenated alkanes) is 1. The quantitative estimate of drug-likeness (QED) is 0.628. The second-order valence-electron chi connectivity index (χ2n) is 4.07. The molecule has 0 saturated heterocycles. The molecule has 0 heterocycles. The van der Waals surface area contributed by atoms with Crippen LogP contribution in [0.3, 0.4) is 0 Å². The Bertz CT molecular complexity index is 392. The molecule has 1 aromatic carbocycles. The van der Waals surface area contributed by atoms with Crippen LogP contribution in [0.15, 0.2) is 18.2 Å². The van der Waals surface area contributed by atoms with Crippen molar-refractivity contribution < 1.29 is 13.6 Å². The Balaban J connectivity index is 2.59. The molecule has 0 bridgehead atoms. The molecule has 1 rings (SSSR count). The minimum absolute atomic E-state index is 0.0914. The molecule has 5 heteroatoms. The third-order valence-corrected chi connectivity index (χ3v) is 3.16. The largest absolute Gasteiger partial charge is 0.349 e. The molecule has 1 atom stereocenters. The van der Waals surface area contributed by atoms with Crippen LogP contribution in [-0.2, 0) is 4.79 Å². The van der Waals surface area contributed by atoms with Crippen LogP contribution < -0.4 is 5.32 Å². The van der Waals surface area contributed by atoms with Gasteiger partial charge >= 0.3 is 0 Å². The molecule has 0 spiro atoms. The molecule has 0 aliphatic rings. The molecule has 1 aromatic rings. The van der Waals surface area contributed by atoms with E-state index in [0.717, 1.165) is 18.2 Å². The number of alkyl halides is 1. The zero-order chi connectivity index (χ0) is 13.5. The molecule has 100 valence electrons. The van der Waals surface area contributed by atoms with Gasteiger partial charge in [0.1, 0.15) is 11.6 Å². The number of halogens is 3. The summed E-state index contributed by atoms with van der Waals surface area (Å²) in [5.41, 5.74) is -0.0914. The third kappa shape index (κ3) is 4.37. The van der Waals surface area contributed by atoms with Crippen molar-refractivity contribution >= 4 is 21.8 Å². The predicted octanol–water partition coefficient (Wildman–Crippen LogP) is 3.71. The number of rotatable bonds is 6. The number of amides is 1. The van der Waals surface area contributed by atoms with Crippen molar-refractivity contribution in [3.8, 4) is 0 Å². The van der Waals surface area contributed by atoms with Crippen LogP contribution in [0.1, 0.15) is 37.8 Å². The maximum Gasteiger partial charge on any atom is 0.220 e. The van der Waals surface area contributed by atoms with Crippen molar-refractivity contribution in [3.63, 3.8) is 0 Å². The molecule has 0 fully saturated rings. The number of carbonyl (C=O) groups excluding carboxylic acids is 1. The van der Waals surface area contributed by atoms with Crippen molar-refractivity contribution in [2.45, 2.75) is 32.2 Å². The standard InChI is InChI=1S/C13H16BrF2NO/c1-9(17-12(18)7-2-3-8-14)13-10(15)5-4-6-11(13)16/h4-6,9H,2-3,7-8H2,1H3,(H,17,18). The van der Waals surface area contributed by atoms with E-state index in [2.05, 4.69) is 21.2 Å². The normalized spacial score (nSPS) is 12.2. The van der Waals surface area contributed by atoms with Gasteiger partial charge in [-0.1, -0.05) is 22.0 Å². The minimum atomic E-state index is -0.664. The highest BCUT2D eigenvalue weighted by molar-refractivity contribution is 9.09. The maximum atomic E-state index is 13.5. The van der Waals surface area contributed by atoms with Gasteiger partial charge in [0.05, 0.1) is 6.04 Å². The molecule has 0 radical (unpaired) electrons. The van der Waals surface area contributed by atoms with Gasteiger partial charge in [-0.05, 0) is 31.9 Å². The molecular formula is C13H16BrF2NO. The summed E-state index contributed by atoms with van der Waals surface area (Å²) in [6.45, 7) is 1.57. The molecule has 1 N–H and O–H groups in total. The summed E-state index contributed by atoms with van der Waals surface area (Å²) in [4.78, 5) is 11.6. The number of carbonyl (C=O) groups is 1. The highest BCUT2D eigenvalue weighted by atomic mass is 79.9. The van der Waals surface area contributed by atoms with E-state index >= 15 is 0 Å². The Morgan fingerprint density at radius 3 is 2.50 bits per heavy atom. The van der Waals surface area contributed by atoms with E-state index in [1.807, 2.05) is 0 Å². The lowest BCUT2D eigenvalue weighted by Crippen LogP contribution is -2.27. The summed E-state index contributed by atoms with van der Waals surface area (Å²) >= 11 is 3.28. The van der Waals surface area contributed by atoms with E-state index in [1.165, 1.54) is 18.2 Å². The molecule has 0 saturated carbocycles. The van der Waals surface area contributed by atoms with Crippen LogP contribution in [0.25, 0.3) is 0 Å². The van der Waals surface area contributed by atoms with Crippen LogP contribution in [0, 0.1) is 11.6 Å². The van der Waals surface area contributed by atoms with E-state index < -0.39 is 17.7 Å². The SMILES string of the molecule is CC(NC(=O)CCCCBr)c1c(F)cccc1F. The smallest absolute Gasteiger partial charge is 0.220 e. The van der Waals surface area contributed by atoms with Gasteiger partial charge in [-0.2, -0.15) is 0 Å². The van der Waals surface area contributed by atoms with Crippen LogP contribution >= 0.6 is 15.9 Å². The fourth-order valence-electron chi connectivity index (χ4n) is 1.69. The summed E-state index contributed by atoms with van der Waals surface area (Å²) < 4.78 is 26.9. The first-order valence-corrected chi connectivity index (χ1v) is 6.97. The molecule has 0 aliphatic heterocycles. The zero-order valence-corrected chi connectivity index (χ0v) is 11.8. The molecule has 2 nitrogen and oxygen atoms in total. The van der Waals surface area contributed by atoms with Crippen LogP contribution in [-0.4, -0.2) is 11.2 Å². The van der Waals surface area contributed by atoms with Crippen molar-refractivity contribution in [3.05, 3.63) is 35.4 Å². The van der Waals surface area contributed by atoms with E-state index in [9.17, 15) is 13.6 Å². The van der Waals surface area contributed by atoms with Gasteiger partial charge in [-0.3, -0.25) is 4.79 Å². The van der Waals surface area contributed by atoms with Gasteiger partial charge in [0.2, 0.25) is 5.91 Å². The fraction of sp³-hybridized carbons (Fsp3) is 0.462. The lowest BCUT2D eigenvalue weighted by Gasteiger charge is -2.15. The number of hydrogen-bond donors (Lipinski definition) is 1. The Kier molecular flexibility index (Phi) is 6.25. The van der Waals surface area contributed by atoms with E-state index in [1.54, 1.807) is 6.92 Å². The van der Waals surface area contributed by atoms with Crippen LogP contribution in [0.4, 0.5) is 8.78 Å². The van der Waals surface area contributed by atoms with Gasteiger partial charge in [0, 0.05) is 17.3 Å². The molecule has 0 aromatic heterocycles. The summed E-state index contributed by atoms with van der Waals surface area (Å²) in [5.74, 6) is -1.46. The first kappa shape index (κ1) is 15.1. The summed E-state index contributed by atoms with van der Waals surface area (Å²) in [6.07, 6.45) is 2.02. The molecule has 0 aliphatic carbocycles. The Labute approximate surface area is 114 Å². The Hall–Kier alpha value is -0.970. The van der Waals surface area contributed by atoms with E-state index in [-0.39, 0.29) is 11.5 Å². The van der Waals surface area contributed by atoms with Gasteiger partial charge in [-0.25, -0.2) is 8.78 Å². The first-order valence-electron chi connectivity index (χ1n) is 5.85. The molecule has 18 heavy (non-hydrogen) atoms. The lowest BCUT2D eigenvalue weighted by molar-refractivity contribution is -0.121. The molecule has 1 unspecified atom stereocenters. The Morgan fingerprint density at radius 2 is 1.94 bits per heavy atom. The highest BCUT2D eigenvalue weighted by Gasteiger charge is 2.17. The summed E-state index contributed by atoms with van der Waals surface area (Å²) in [5, 5.41) is 3.45. The number of benzene rings is 1. The summed E-state index contributed by atoms with van der Waals surface area (Å²) in [7, 11) is 0. The zero-order valence-electron chi connectivity index (χ0n) is 10.2. The molecule has 1 amide bonds. The average Bonchev–Trinajstić information content (AvgIpc) is 2.29.